The smallest absolute Gasteiger partial charge is 0.245 e. The lowest BCUT2D eigenvalue weighted by Gasteiger charge is -2.32. The van der Waals surface area contributed by atoms with Gasteiger partial charge in [-0.3, -0.25) is 19.4 Å². The van der Waals surface area contributed by atoms with E-state index in [2.05, 4.69) is 44.5 Å². The highest BCUT2D eigenvalue weighted by molar-refractivity contribution is 8.03. The number of aliphatic imine (C=N–C) groups is 1. The third-order valence-electron chi connectivity index (χ3n) is 10.4. The molecule has 12 nitrogen and oxygen atoms in total. The number of rotatable bonds is 14. The molecule has 0 spiro atoms. The fraction of sp³-hybridized carbons (Fsp3) is 0.362. The molecule has 0 saturated heterocycles. The number of hydrogen-bond donors (Lipinski definition) is 6. The van der Waals surface area contributed by atoms with Crippen LogP contribution in [0.25, 0.3) is 10.9 Å². The van der Waals surface area contributed by atoms with Crippen LogP contribution in [0, 0.1) is 11.8 Å². The molecule has 4 aromatic rings. The Morgan fingerprint density at radius 3 is 2.49 bits per heavy atom. The minimum absolute atomic E-state index is 0.0623. The monoisotopic (exact) mass is 864 g/mol. The largest absolute Gasteiger partial charge is 0.364 e. The molecule has 8 N–H and O–H groups in total. The maximum Gasteiger partial charge on any atom is 0.245 e. The van der Waals surface area contributed by atoms with E-state index in [0.717, 1.165) is 27.6 Å². The topological polar surface area (TPSA) is 180 Å². The second-order valence-electron chi connectivity index (χ2n) is 14.8. The van der Waals surface area contributed by atoms with Crippen molar-refractivity contribution in [2.75, 3.05) is 33.3 Å². The number of nitrogens with one attached hydrogen (secondary N) is 4. The quantitative estimate of drug-likeness (QED) is 0.0509. The third kappa shape index (κ3) is 13.4. The number of likely N-dealkylation sites (N-methyl/N-ethyl adjacent to an activating group) is 1. The zero-order valence-electron chi connectivity index (χ0n) is 35.0. The highest BCUT2D eigenvalue weighted by Crippen LogP contribution is 2.39. The average molecular weight is 866 g/mol. The van der Waals surface area contributed by atoms with E-state index in [1.807, 2.05) is 85.9 Å². The Balaban J connectivity index is 1.58. The zero-order valence-corrected chi connectivity index (χ0v) is 36.5. The number of benzene rings is 3. The normalized spacial score (nSPS) is 19.5. The van der Waals surface area contributed by atoms with Crippen molar-refractivity contribution in [3.63, 3.8) is 0 Å². The number of H-pyrrole nitrogens is 1. The molecule has 322 valence electrons. The summed E-state index contributed by atoms with van der Waals surface area (Å²) in [7, 11) is 1.62. The van der Waals surface area contributed by atoms with Gasteiger partial charge in [-0.2, -0.15) is 0 Å². The van der Waals surface area contributed by atoms with E-state index >= 15 is 0 Å². The number of carbonyl (C=O) groups excluding carboxylic acids is 3. The average Bonchev–Trinajstić information content (AvgIpc) is 3.68. The summed E-state index contributed by atoms with van der Waals surface area (Å²) in [6, 6.07) is 18.8. The van der Waals surface area contributed by atoms with Gasteiger partial charge in [-0.15, -0.1) is 0 Å². The molecule has 3 aromatic carbocycles. The minimum Gasteiger partial charge on any atom is -0.364 e. The highest BCUT2D eigenvalue weighted by atomic mass is 35.5. The van der Waals surface area contributed by atoms with Crippen LogP contribution >= 0.6 is 23.4 Å². The lowest BCUT2D eigenvalue weighted by Crippen LogP contribution is -2.57. The number of fused-ring (bicyclic) bond motifs is 2. The number of nitrogens with two attached hydrogens (primary N) is 2. The number of thioether (sulfide) groups is 1. The summed E-state index contributed by atoms with van der Waals surface area (Å²) < 4.78 is 5.80. The first-order valence-corrected chi connectivity index (χ1v) is 21.8. The van der Waals surface area contributed by atoms with E-state index in [1.54, 1.807) is 13.1 Å². The van der Waals surface area contributed by atoms with Crippen LogP contribution in [0.15, 0.2) is 106 Å². The molecule has 5 rings (SSSR count). The number of ether oxygens (including phenoxy) is 1. The van der Waals surface area contributed by atoms with Crippen LogP contribution in [0.2, 0.25) is 5.02 Å². The first-order chi connectivity index (χ1) is 29.7. The van der Waals surface area contributed by atoms with Crippen LogP contribution in [0.4, 0.5) is 0 Å². The van der Waals surface area contributed by atoms with Crippen LogP contribution in [0.1, 0.15) is 61.3 Å². The van der Waals surface area contributed by atoms with Crippen LogP contribution in [-0.2, 0) is 38.7 Å². The lowest BCUT2D eigenvalue weighted by atomic mass is 10.0. The molecule has 61 heavy (non-hydrogen) atoms. The molecule has 2 heterocycles. The molecule has 14 heteroatoms. The van der Waals surface area contributed by atoms with E-state index in [-0.39, 0.29) is 43.8 Å². The van der Waals surface area contributed by atoms with Gasteiger partial charge in [0, 0.05) is 54.1 Å². The van der Waals surface area contributed by atoms with Gasteiger partial charge in [0.1, 0.15) is 23.7 Å². The number of aromatic amines is 1. The van der Waals surface area contributed by atoms with Crippen LogP contribution in [-0.4, -0.2) is 85.7 Å². The van der Waals surface area contributed by atoms with E-state index in [0.29, 0.717) is 77.9 Å². The molecule has 0 bridgehead atoms. The van der Waals surface area contributed by atoms with Crippen molar-refractivity contribution in [2.45, 2.75) is 81.6 Å². The van der Waals surface area contributed by atoms with Crippen LogP contribution in [0.3, 0.4) is 0 Å². The van der Waals surface area contributed by atoms with Crippen molar-refractivity contribution in [1.29, 1.82) is 0 Å². The second kappa shape index (κ2) is 24.3. The summed E-state index contributed by atoms with van der Waals surface area (Å²) in [5.41, 5.74) is 16.7. The Hall–Kier alpha value is -5.20. The summed E-state index contributed by atoms with van der Waals surface area (Å²) in [6.45, 7) is 7.56. The Morgan fingerprint density at radius 1 is 0.984 bits per heavy atom. The standard InChI is InChI=1S/C47H57ClN8O4S/c1-4-14-34-28-53-40(21-12-23-50)44(57)55-41(20-10-11-22-49)47(59)56(3)42(27-35-29-52-39-19-9-8-18-37(35)39)45(58)54-30-36-25-33(26-38(48)43(36)61-46(34)51-2)17-13-24-60-31-32-15-6-5-7-16-32/h4-9,14-16,18-19,25-26,29,40-42,52-53H,2,10-12,20-24,27-28,30-31,49-50H2,1,3H3,(H,54,58)(H,55,57)/b14-4-,46-34-/t40-,41-,42-/m0/s1. The van der Waals surface area contributed by atoms with Crippen molar-refractivity contribution in [2.24, 2.45) is 16.5 Å². The third-order valence-corrected chi connectivity index (χ3v) is 12.1. The molecule has 0 saturated carbocycles. The second-order valence-corrected chi connectivity index (χ2v) is 16.2. The number of unbranched alkanes of at least 4 members (excludes halogenated alkanes) is 1. The predicted molar refractivity (Wildman–Crippen MR) is 247 cm³/mol. The first-order valence-electron chi connectivity index (χ1n) is 20.6. The van der Waals surface area contributed by atoms with Gasteiger partial charge in [0.15, 0.2) is 0 Å². The van der Waals surface area contributed by atoms with Gasteiger partial charge in [0.25, 0.3) is 0 Å². The fourth-order valence-corrected chi connectivity index (χ4v) is 8.42. The number of hydrogen-bond acceptors (Lipinski definition) is 9. The van der Waals surface area contributed by atoms with Crippen molar-refractivity contribution in [3.8, 4) is 11.8 Å². The molecular weight excluding hydrogens is 808 g/mol. The van der Waals surface area contributed by atoms with E-state index in [9.17, 15) is 14.4 Å². The van der Waals surface area contributed by atoms with E-state index in [4.69, 9.17) is 27.8 Å². The number of carbonyl (C=O) groups is 3. The van der Waals surface area contributed by atoms with Gasteiger partial charge < -0.3 is 42.0 Å². The van der Waals surface area contributed by atoms with Gasteiger partial charge >= 0.3 is 0 Å². The molecule has 0 aliphatic carbocycles. The molecule has 3 atom stereocenters. The number of nitrogens with zero attached hydrogens (tertiary/aromatic N) is 2. The summed E-state index contributed by atoms with van der Waals surface area (Å²) in [4.78, 5) is 53.2. The Morgan fingerprint density at radius 2 is 1.74 bits per heavy atom. The Bertz CT molecular complexity index is 2250. The van der Waals surface area contributed by atoms with Gasteiger partial charge in [-0.05, 0) is 99.3 Å². The van der Waals surface area contributed by atoms with Crippen LogP contribution < -0.4 is 27.4 Å². The SMILES string of the molecule is C=N/C1=C(\C=C/C)CN[C@@H](CCCN)C(=O)N[C@@H](CCCCN)C(=O)N(C)[C@@H](Cc2c[nH]c3ccccc23)C(=O)NCc2cc(C#CCOCc3ccccc3)cc(Cl)c2S1. The van der Waals surface area contributed by atoms with Crippen LogP contribution in [0.5, 0.6) is 0 Å². The number of aromatic nitrogens is 1. The highest BCUT2D eigenvalue weighted by Gasteiger charge is 2.34. The molecule has 1 aliphatic rings. The van der Waals surface area contributed by atoms with Gasteiger partial charge in [-0.25, -0.2) is 0 Å². The zero-order chi connectivity index (χ0) is 43.6. The number of amides is 3. The van der Waals surface area contributed by atoms with E-state index in [1.165, 1.54) is 16.7 Å². The van der Waals surface area contributed by atoms with Crippen molar-refractivity contribution >= 4 is 58.7 Å². The maximum atomic E-state index is 14.6. The number of allylic oxidation sites excluding steroid dienone is 1. The lowest BCUT2D eigenvalue weighted by molar-refractivity contribution is -0.142. The summed E-state index contributed by atoms with van der Waals surface area (Å²) in [5, 5.41) is 11.5. The molecular formula is C47H57ClN8O4S. The molecule has 0 unspecified atom stereocenters. The van der Waals surface area contributed by atoms with Crippen molar-refractivity contribution < 1.29 is 19.1 Å². The Kier molecular flexibility index (Phi) is 18.7. The van der Waals surface area contributed by atoms with Gasteiger partial charge in [0.2, 0.25) is 17.7 Å². The minimum atomic E-state index is -0.953. The molecule has 1 aromatic heterocycles. The maximum absolute atomic E-state index is 14.6. The first kappa shape index (κ1) is 46.9. The van der Waals surface area contributed by atoms with Crippen molar-refractivity contribution in [3.05, 3.63) is 123 Å². The molecule has 0 radical (unpaired) electrons. The Labute approximate surface area is 368 Å². The van der Waals surface area contributed by atoms with Gasteiger partial charge in [0.05, 0.1) is 17.7 Å². The number of para-hydroxylation sites is 1. The van der Waals surface area contributed by atoms with E-state index < -0.39 is 18.1 Å². The fourth-order valence-electron chi connectivity index (χ4n) is 7.12. The summed E-state index contributed by atoms with van der Waals surface area (Å²) in [5.74, 6) is 5.15. The molecule has 1 aliphatic heterocycles. The predicted octanol–water partition coefficient (Wildman–Crippen LogP) is 5.98. The summed E-state index contributed by atoms with van der Waals surface area (Å²) >= 11 is 8.39. The molecule has 3 amide bonds. The van der Waals surface area contributed by atoms with Crippen molar-refractivity contribution in [1.82, 2.24) is 25.8 Å². The molecule has 0 fully saturated rings. The van der Waals surface area contributed by atoms with Gasteiger partial charge in [-0.1, -0.05) is 95.9 Å². The summed E-state index contributed by atoms with van der Waals surface area (Å²) in [6.07, 6.45) is 8.47. The number of halogens is 1.